The molecule has 0 aliphatic heterocycles. The van der Waals surface area contributed by atoms with Gasteiger partial charge in [0.25, 0.3) is 5.91 Å². The third kappa shape index (κ3) is 3.27. The van der Waals surface area contributed by atoms with Crippen molar-refractivity contribution in [1.29, 1.82) is 0 Å². The second-order valence-corrected chi connectivity index (χ2v) is 5.21. The van der Waals surface area contributed by atoms with Crippen LogP contribution in [0.15, 0.2) is 27.8 Å². The summed E-state index contributed by atoms with van der Waals surface area (Å²) in [6.45, 7) is 3.64. The Balaban J connectivity index is 3.09. The molecule has 0 unspecified atom stereocenters. The van der Waals surface area contributed by atoms with Crippen LogP contribution in [0.2, 0.25) is 0 Å². The Morgan fingerprint density at radius 3 is 2.55 bits per heavy atom. The van der Waals surface area contributed by atoms with Gasteiger partial charge in [-0.3, -0.25) is 4.79 Å². The zero-order valence-corrected chi connectivity index (χ0v) is 12.9. The lowest BCUT2D eigenvalue weighted by Crippen LogP contribution is -2.56. The van der Waals surface area contributed by atoms with E-state index in [0.717, 1.165) is 0 Å². The molecular weight excluding hydrogens is 329 g/mol. The highest BCUT2D eigenvalue weighted by Crippen LogP contribution is 2.21. The molecule has 0 fully saturated rings. The molecule has 0 bridgehead atoms. The molecule has 7 heteroatoms. The fraction of sp³-hybridized carbons (Fsp3) is 0.385. The number of hydrogen-bond acceptors (Lipinski definition) is 3. The zero-order chi connectivity index (χ0) is 15.3. The zero-order valence-electron chi connectivity index (χ0n) is 11.3. The van der Waals surface area contributed by atoms with Gasteiger partial charge in [-0.05, 0) is 47.0 Å². The van der Waals surface area contributed by atoms with E-state index >= 15 is 0 Å². The summed E-state index contributed by atoms with van der Waals surface area (Å²) in [6, 6.07) is 3.78. The molecule has 4 N–H and O–H groups in total. The van der Waals surface area contributed by atoms with Gasteiger partial charge in [0.15, 0.2) is 5.84 Å². The molecule has 1 amide bonds. The SMILES string of the molecule is CCC(CC)(NC(=O)c1ccc(F)cc1Br)/C(N)=N/O. The molecule has 1 aromatic carbocycles. The Bertz CT molecular complexity index is 530. The number of carbonyl (C=O) groups is 1. The molecular formula is C13H17BrFN3O2. The largest absolute Gasteiger partial charge is 0.409 e. The number of halogens is 2. The number of amidine groups is 1. The van der Waals surface area contributed by atoms with Crippen molar-refractivity contribution in [2.45, 2.75) is 32.2 Å². The van der Waals surface area contributed by atoms with Crippen LogP contribution in [0.3, 0.4) is 0 Å². The maximum atomic E-state index is 13.0. The number of nitrogens with two attached hydrogens (primary N) is 1. The molecule has 0 saturated heterocycles. The van der Waals surface area contributed by atoms with Gasteiger partial charge in [-0.1, -0.05) is 19.0 Å². The maximum absolute atomic E-state index is 13.0. The number of amides is 1. The van der Waals surface area contributed by atoms with Gasteiger partial charge in [-0.2, -0.15) is 0 Å². The van der Waals surface area contributed by atoms with Crippen LogP contribution in [0, 0.1) is 5.82 Å². The van der Waals surface area contributed by atoms with E-state index in [-0.39, 0.29) is 11.4 Å². The van der Waals surface area contributed by atoms with Gasteiger partial charge in [0, 0.05) is 4.47 Å². The van der Waals surface area contributed by atoms with E-state index in [9.17, 15) is 9.18 Å². The van der Waals surface area contributed by atoms with E-state index in [4.69, 9.17) is 10.9 Å². The molecule has 110 valence electrons. The summed E-state index contributed by atoms with van der Waals surface area (Å²) in [5.74, 6) is -0.927. The average molecular weight is 346 g/mol. The fourth-order valence-electron chi connectivity index (χ4n) is 1.91. The Hall–Kier alpha value is -1.63. The van der Waals surface area contributed by atoms with Crippen molar-refractivity contribution in [1.82, 2.24) is 5.32 Å². The van der Waals surface area contributed by atoms with Crippen molar-refractivity contribution >= 4 is 27.7 Å². The van der Waals surface area contributed by atoms with Crippen LogP contribution in [-0.2, 0) is 0 Å². The number of benzene rings is 1. The molecule has 0 heterocycles. The van der Waals surface area contributed by atoms with E-state index in [1.165, 1.54) is 18.2 Å². The van der Waals surface area contributed by atoms with Gasteiger partial charge in [-0.25, -0.2) is 4.39 Å². The number of oxime groups is 1. The first-order valence-electron chi connectivity index (χ1n) is 6.15. The minimum atomic E-state index is -0.931. The van der Waals surface area contributed by atoms with E-state index < -0.39 is 17.3 Å². The average Bonchev–Trinajstić information content (AvgIpc) is 2.43. The first-order valence-corrected chi connectivity index (χ1v) is 6.95. The number of nitrogens with zero attached hydrogens (tertiary/aromatic N) is 1. The lowest BCUT2D eigenvalue weighted by molar-refractivity contribution is 0.0917. The number of nitrogens with one attached hydrogen (secondary N) is 1. The van der Waals surface area contributed by atoms with Crippen LogP contribution in [-0.4, -0.2) is 22.5 Å². The monoisotopic (exact) mass is 345 g/mol. The summed E-state index contributed by atoms with van der Waals surface area (Å²) in [6.07, 6.45) is 0.924. The van der Waals surface area contributed by atoms with Crippen molar-refractivity contribution in [3.63, 3.8) is 0 Å². The molecule has 0 aromatic heterocycles. The third-order valence-corrected chi connectivity index (χ3v) is 3.99. The van der Waals surface area contributed by atoms with Gasteiger partial charge in [0.05, 0.1) is 5.56 Å². The highest BCUT2D eigenvalue weighted by Gasteiger charge is 2.33. The predicted molar refractivity (Wildman–Crippen MR) is 78.3 cm³/mol. The van der Waals surface area contributed by atoms with Crippen molar-refractivity contribution in [3.05, 3.63) is 34.1 Å². The lowest BCUT2D eigenvalue weighted by Gasteiger charge is -2.31. The Morgan fingerprint density at radius 2 is 2.10 bits per heavy atom. The summed E-state index contributed by atoms with van der Waals surface area (Å²) in [5.41, 5.74) is 5.03. The van der Waals surface area contributed by atoms with Gasteiger partial charge < -0.3 is 16.3 Å². The first kappa shape index (κ1) is 16.4. The van der Waals surface area contributed by atoms with Crippen molar-refractivity contribution in [3.8, 4) is 0 Å². The standard InChI is InChI=1S/C13H17BrFN3O2/c1-3-13(4-2,12(16)18-20)17-11(19)9-6-5-8(15)7-10(9)14/h5-7,20H,3-4H2,1-2H3,(H2,16,18)(H,17,19). The highest BCUT2D eigenvalue weighted by molar-refractivity contribution is 9.10. The Labute approximate surface area is 125 Å². The summed E-state index contributed by atoms with van der Waals surface area (Å²) in [7, 11) is 0. The van der Waals surface area contributed by atoms with Crippen molar-refractivity contribution < 1.29 is 14.4 Å². The van der Waals surface area contributed by atoms with Crippen molar-refractivity contribution in [2.75, 3.05) is 0 Å². The molecule has 0 saturated carbocycles. The van der Waals surface area contributed by atoms with Crippen LogP contribution in [0.4, 0.5) is 4.39 Å². The smallest absolute Gasteiger partial charge is 0.253 e. The molecule has 0 atom stereocenters. The molecule has 1 aromatic rings. The number of rotatable bonds is 5. The molecule has 0 spiro atoms. The van der Waals surface area contributed by atoms with Crippen LogP contribution >= 0.6 is 15.9 Å². The summed E-state index contributed by atoms with van der Waals surface area (Å²) >= 11 is 3.14. The minimum absolute atomic E-state index is 0.0610. The summed E-state index contributed by atoms with van der Waals surface area (Å²) in [5, 5.41) is 14.6. The molecule has 1 rings (SSSR count). The van der Waals surface area contributed by atoms with Gasteiger partial charge >= 0.3 is 0 Å². The molecule has 0 aliphatic carbocycles. The summed E-state index contributed by atoms with van der Waals surface area (Å²) < 4.78 is 13.4. The van der Waals surface area contributed by atoms with E-state index in [1.54, 1.807) is 0 Å². The van der Waals surface area contributed by atoms with E-state index in [0.29, 0.717) is 17.3 Å². The number of hydrogen-bond donors (Lipinski definition) is 3. The second kappa shape index (κ2) is 6.69. The predicted octanol–water partition coefficient (Wildman–Crippen LogP) is 2.62. The Kier molecular flexibility index (Phi) is 5.50. The highest BCUT2D eigenvalue weighted by atomic mass is 79.9. The lowest BCUT2D eigenvalue weighted by atomic mass is 9.91. The molecule has 5 nitrogen and oxygen atoms in total. The van der Waals surface area contributed by atoms with Crippen LogP contribution in [0.5, 0.6) is 0 Å². The number of carbonyl (C=O) groups excluding carboxylic acids is 1. The Morgan fingerprint density at radius 1 is 1.50 bits per heavy atom. The van der Waals surface area contributed by atoms with E-state index in [1.807, 2.05) is 13.8 Å². The maximum Gasteiger partial charge on any atom is 0.253 e. The van der Waals surface area contributed by atoms with Gasteiger partial charge in [0.1, 0.15) is 11.4 Å². The fourth-order valence-corrected chi connectivity index (χ4v) is 2.44. The molecule has 20 heavy (non-hydrogen) atoms. The minimum Gasteiger partial charge on any atom is -0.409 e. The molecule has 0 aliphatic rings. The second-order valence-electron chi connectivity index (χ2n) is 4.35. The summed E-state index contributed by atoms with van der Waals surface area (Å²) in [4.78, 5) is 12.3. The van der Waals surface area contributed by atoms with Gasteiger partial charge in [0.2, 0.25) is 0 Å². The van der Waals surface area contributed by atoms with Crippen LogP contribution in [0.25, 0.3) is 0 Å². The first-order chi connectivity index (χ1) is 9.40. The van der Waals surface area contributed by atoms with Crippen molar-refractivity contribution in [2.24, 2.45) is 10.9 Å². The third-order valence-electron chi connectivity index (χ3n) is 3.33. The van der Waals surface area contributed by atoms with Gasteiger partial charge in [-0.15, -0.1) is 0 Å². The quantitative estimate of drug-likeness (QED) is 0.331. The van der Waals surface area contributed by atoms with Crippen LogP contribution in [0.1, 0.15) is 37.0 Å². The van der Waals surface area contributed by atoms with Crippen LogP contribution < -0.4 is 11.1 Å². The molecule has 0 radical (unpaired) electrons. The normalized spacial score (nSPS) is 12.3. The topological polar surface area (TPSA) is 87.7 Å². The van der Waals surface area contributed by atoms with E-state index in [2.05, 4.69) is 26.4 Å².